The highest BCUT2D eigenvalue weighted by Crippen LogP contribution is 2.50. The Hall–Kier alpha value is -1.46. The van der Waals surface area contributed by atoms with E-state index >= 15 is 0 Å². The Morgan fingerprint density at radius 2 is 2.08 bits per heavy atom. The van der Waals surface area contributed by atoms with E-state index in [0.29, 0.717) is 6.61 Å². The summed E-state index contributed by atoms with van der Waals surface area (Å²) in [6.07, 6.45) is 10.4. The van der Waals surface area contributed by atoms with E-state index in [0.717, 1.165) is 51.9 Å². The minimum absolute atomic E-state index is 0.151. The van der Waals surface area contributed by atoms with Crippen molar-refractivity contribution in [2.45, 2.75) is 45.1 Å². The number of rotatable bonds is 3. The second kappa shape index (κ2) is 6.81. The summed E-state index contributed by atoms with van der Waals surface area (Å²) in [4.78, 5) is 25.2. The Bertz CT molecular complexity index is 573. The van der Waals surface area contributed by atoms with E-state index in [-0.39, 0.29) is 17.2 Å². The van der Waals surface area contributed by atoms with Gasteiger partial charge < -0.3 is 0 Å². The summed E-state index contributed by atoms with van der Waals surface area (Å²) >= 11 is 0. The van der Waals surface area contributed by atoms with Crippen molar-refractivity contribution in [3.05, 3.63) is 30.1 Å². The number of amides is 1. The number of carbonyl (C=O) groups excluding carboxylic acids is 1. The second-order valence-electron chi connectivity index (χ2n) is 7.60. The van der Waals surface area contributed by atoms with Crippen LogP contribution in [0.4, 0.5) is 0 Å². The molecular formula is C19H27N3O2. The molecule has 1 saturated carbocycles. The van der Waals surface area contributed by atoms with E-state index in [4.69, 9.17) is 4.84 Å². The van der Waals surface area contributed by atoms with Crippen LogP contribution in [0, 0.1) is 11.3 Å². The summed E-state index contributed by atoms with van der Waals surface area (Å²) < 4.78 is 0. The molecule has 0 N–H and O–H groups in total. The second-order valence-corrected chi connectivity index (χ2v) is 7.60. The van der Waals surface area contributed by atoms with Gasteiger partial charge in [0.05, 0.1) is 6.61 Å². The fraction of sp³-hybridized carbons (Fsp3) is 0.684. The predicted octanol–water partition coefficient (Wildman–Crippen LogP) is 2.63. The third kappa shape index (κ3) is 3.07. The van der Waals surface area contributed by atoms with Gasteiger partial charge in [-0.3, -0.25) is 19.5 Å². The molecule has 24 heavy (non-hydrogen) atoms. The Kier molecular flexibility index (Phi) is 4.55. The van der Waals surface area contributed by atoms with E-state index in [1.807, 2.05) is 12.4 Å². The lowest BCUT2D eigenvalue weighted by molar-refractivity contribution is -0.204. The van der Waals surface area contributed by atoms with Crippen LogP contribution in [0.15, 0.2) is 24.5 Å². The van der Waals surface area contributed by atoms with Gasteiger partial charge in [0, 0.05) is 37.9 Å². The minimum Gasteiger partial charge on any atom is -0.298 e. The molecule has 1 spiro atoms. The molecule has 5 nitrogen and oxygen atoms in total. The molecule has 0 aromatic carbocycles. The average Bonchev–Trinajstić information content (AvgIpc) is 3.23. The van der Waals surface area contributed by atoms with Crippen molar-refractivity contribution in [1.82, 2.24) is 14.9 Å². The molecule has 0 radical (unpaired) electrons. The average molecular weight is 329 g/mol. The number of hydroxylamine groups is 2. The highest BCUT2D eigenvalue weighted by atomic mass is 16.7. The third-order valence-corrected chi connectivity index (χ3v) is 6.07. The predicted molar refractivity (Wildman–Crippen MR) is 90.8 cm³/mol. The van der Waals surface area contributed by atoms with Crippen LogP contribution in [0.5, 0.6) is 0 Å². The largest absolute Gasteiger partial charge is 0.298 e. The van der Waals surface area contributed by atoms with Crippen LogP contribution in [-0.2, 0) is 16.2 Å². The first-order valence-electron chi connectivity index (χ1n) is 9.32. The summed E-state index contributed by atoms with van der Waals surface area (Å²) in [6.45, 7) is 4.56. The Balaban J connectivity index is 1.43. The number of hydrogen-bond acceptors (Lipinski definition) is 4. The molecule has 130 valence electrons. The standard InChI is InChI=1S/C19H27N3O2/c23-18(22-11-1-2-13-24-22)17-4-3-7-19(17)8-12-21(15-19)14-16-5-9-20-10-6-16/h5-6,9-10,17H,1-4,7-8,11-15H2/t17-,19-/m1/s1. The van der Waals surface area contributed by atoms with E-state index in [1.54, 1.807) is 5.06 Å². The van der Waals surface area contributed by atoms with E-state index in [2.05, 4.69) is 22.0 Å². The maximum Gasteiger partial charge on any atom is 0.249 e. The van der Waals surface area contributed by atoms with Gasteiger partial charge in [-0.25, -0.2) is 5.06 Å². The first-order valence-corrected chi connectivity index (χ1v) is 9.32. The van der Waals surface area contributed by atoms with Gasteiger partial charge in [-0.05, 0) is 61.8 Å². The van der Waals surface area contributed by atoms with Crippen molar-refractivity contribution >= 4 is 5.91 Å². The Labute approximate surface area is 143 Å². The van der Waals surface area contributed by atoms with E-state index in [9.17, 15) is 4.79 Å². The van der Waals surface area contributed by atoms with Gasteiger partial charge in [-0.15, -0.1) is 0 Å². The van der Waals surface area contributed by atoms with Gasteiger partial charge in [0.2, 0.25) is 5.91 Å². The summed E-state index contributed by atoms with van der Waals surface area (Å²) in [5.41, 5.74) is 1.48. The molecule has 0 bridgehead atoms. The van der Waals surface area contributed by atoms with Crippen molar-refractivity contribution in [3.8, 4) is 0 Å². The topological polar surface area (TPSA) is 45.7 Å². The van der Waals surface area contributed by atoms with Crippen molar-refractivity contribution < 1.29 is 9.63 Å². The highest BCUT2D eigenvalue weighted by Gasteiger charge is 2.51. The minimum atomic E-state index is 0.151. The number of carbonyl (C=O) groups is 1. The zero-order valence-electron chi connectivity index (χ0n) is 14.3. The number of likely N-dealkylation sites (tertiary alicyclic amines) is 1. The summed E-state index contributed by atoms with van der Waals surface area (Å²) in [6, 6.07) is 4.17. The van der Waals surface area contributed by atoms with Gasteiger partial charge in [0.15, 0.2) is 0 Å². The number of hydrogen-bond donors (Lipinski definition) is 0. The lowest BCUT2D eigenvalue weighted by Crippen LogP contribution is -2.45. The molecule has 4 rings (SSSR count). The van der Waals surface area contributed by atoms with Crippen LogP contribution in [0.3, 0.4) is 0 Å². The molecule has 2 atom stereocenters. The molecule has 0 unspecified atom stereocenters. The van der Waals surface area contributed by atoms with Gasteiger partial charge in [0.1, 0.15) is 0 Å². The molecule has 1 aromatic rings. The van der Waals surface area contributed by atoms with E-state index < -0.39 is 0 Å². The van der Waals surface area contributed by atoms with Crippen LogP contribution >= 0.6 is 0 Å². The maximum atomic E-state index is 13.0. The Morgan fingerprint density at radius 1 is 1.21 bits per heavy atom. The quantitative estimate of drug-likeness (QED) is 0.855. The van der Waals surface area contributed by atoms with Gasteiger partial charge in [0.25, 0.3) is 0 Å². The SMILES string of the molecule is O=C([C@H]1CCC[C@]12CCN(Cc1ccncc1)C2)N1CCCCO1. The zero-order chi connectivity index (χ0) is 16.4. The first-order chi connectivity index (χ1) is 11.8. The normalized spacial score (nSPS) is 31.0. The number of aromatic nitrogens is 1. The lowest BCUT2D eigenvalue weighted by atomic mass is 9.76. The van der Waals surface area contributed by atoms with Gasteiger partial charge in [-0.1, -0.05) is 6.42 Å². The van der Waals surface area contributed by atoms with Crippen LogP contribution in [0.2, 0.25) is 0 Å². The first kappa shape index (κ1) is 16.0. The summed E-state index contributed by atoms with van der Waals surface area (Å²) in [5.74, 6) is 0.399. The van der Waals surface area contributed by atoms with Crippen molar-refractivity contribution in [2.75, 3.05) is 26.2 Å². The lowest BCUT2D eigenvalue weighted by Gasteiger charge is -2.35. The smallest absolute Gasteiger partial charge is 0.249 e. The monoisotopic (exact) mass is 329 g/mol. The van der Waals surface area contributed by atoms with Crippen LogP contribution in [0.1, 0.15) is 44.1 Å². The molecule has 3 heterocycles. The van der Waals surface area contributed by atoms with Gasteiger partial charge in [-0.2, -0.15) is 0 Å². The molecule has 1 aliphatic carbocycles. The van der Waals surface area contributed by atoms with Gasteiger partial charge >= 0.3 is 0 Å². The number of pyridine rings is 1. The highest BCUT2D eigenvalue weighted by molar-refractivity contribution is 5.79. The fourth-order valence-electron chi connectivity index (χ4n) is 4.82. The molecule has 1 aromatic heterocycles. The maximum absolute atomic E-state index is 13.0. The number of nitrogens with zero attached hydrogens (tertiary/aromatic N) is 3. The van der Waals surface area contributed by atoms with Crippen molar-refractivity contribution in [2.24, 2.45) is 11.3 Å². The van der Waals surface area contributed by atoms with Crippen LogP contribution < -0.4 is 0 Å². The van der Waals surface area contributed by atoms with Crippen LogP contribution in [-0.4, -0.2) is 47.1 Å². The summed E-state index contributed by atoms with van der Waals surface area (Å²) in [5, 5.41) is 1.67. The van der Waals surface area contributed by atoms with Crippen molar-refractivity contribution in [1.29, 1.82) is 0 Å². The zero-order valence-corrected chi connectivity index (χ0v) is 14.3. The van der Waals surface area contributed by atoms with Crippen molar-refractivity contribution in [3.63, 3.8) is 0 Å². The molecule has 2 saturated heterocycles. The van der Waals surface area contributed by atoms with E-state index in [1.165, 1.54) is 18.4 Å². The summed E-state index contributed by atoms with van der Waals surface area (Å²) in [7, 11) is 0. The Morgan fingerprint density at radius 3 is 2.88 bits per heavy atom. The molecule has 1 amide bonds. The molecule has 5 heteroatoms. The van der Waals surface area contributed by atoms with Crippen LogP contribution in [0.25, 0.3) is 0 Å². The fourth-order valence-corrected chi connectivity index (χ4v) is 4.82. The third-order valence-electron chi connectivity index (χ3n) is 6.07. The molecular weight excluding hydrogens is 302 g/mol. The molecule has 3 fully saturated rings. The molecule has 2 aliphatic heterocycles. The molecule has 3 aliphatic rings.